The summed E-state index contributed by atoms with van der Waals surface area (Å²) in [6.45, 7) is 12.3. The van der Waals surface area contributed by atoms with Gasteiger partial charge in [-0.05, 0) is 58.7 Å². The van der Waals surface area contributed by atoms with Gasteiger partial charge in [0, 0.05) is 11.9 Å². The Hall–Kier alpha value is -1.13. The Balaban J connectivity index is 2.15. The molecule has 0 aliphatic carbocycles. The standard InChI is InChI=1S/C15H22BNO2/c1-11-9-13(12(2)17-10-11)7-8-16-18-14(3,4)15(5,6)19-16/h7-10H,1-6H3/b8-7+. The number of hydrogen-bond acceptors (Lipinski definition) is 3. The molecule has 19 heavy (non-hydrogen) atoms. The molecular weight excluding hydrogens is 237 g/mol. The van der Waals surface area contributed by atoms with Gasteiger partial charge in [-0.15, -0.1) is 0 Å². The van der Waals surface area contributed by atoms with E-state index in [1.54, 1.807) is 0 Å². The van der Waals surface area contributed by atoms with Crippen LogP contribution in [-0.2, 0) is 9.31 Å². The maximum Gasteiger partial charge on any atom is 0.487 e. The third kappa shape index (κ3) is 2.90. The van der Waals surface area contributed by atoms with Gasteiger partial charge in [-0.2, -0.15) is 0 Å². The Morgan fingerprint density at radius 2 is 1.68 bits per heavy atom. The predicted molar refractivity (Wildman–Crippen MR) is 78.8 cm³/mol. The van der Waals surface area contributed by atoms with E-state index in [2.05, 4.69) is 38.7 Å². The molecule has 1 aliphatic rings. The number of aryl methyl sites for hydroxylation is 2. The molecule has 102 valence electrons. The first-order valence-corrected chi connectivity index (χ1v) is 6.68. The van der Waals surface area contributed by atoms with Crippen molar-refractivity contribution in [1.29, 1.82) is 0 Å². The molecule has 2 rings (SSSR count). The van der Waals surface area contributed by atoms with Crippen molar-refractivity contribution in [3.05, 3.63) is 35.1 Å². The summed E-state index contributed by atoms with van der Waals surface area (Å²) in [5.74, 6) is 1.96. The topological polar surface area (TPSA) is 31.4 Å². The Bertz CT molecular complexity index is 493. The fourth-order valence-corrected chi connectivity index (χ4v) is 1.98. The average molecular weight is 259 g/mol. The summed E-state index contributed by atoms with van der Waals surface area (Å²) in [4.78, 5) is 4.35. The summed E-state index contributed by atoms with van der Waals surface area (Å²) in [7, 11) is -0.301. The Morgan fingerprint density at radius 3 is 2.26 bits per heavy atom. The van der Waals surface area contributed by atoms with E-state index in [1.807, 2.05) is 32.1 Å². The fraction of sp³-hybridized carbons (Fsp3) is 0.533. The van der Waals surface area contributed by atoms with Gasteiger partial charge in [0.15, 0.2) is 0 Å². The van der Waals surface area contributed by atoms with Gasteiger partial charge in [0.25, 0.3) is 0 Å². The van der Waals surface area contributed by atoms with Crippen LogP contribution in [0.2, 0.25) is 0 Å². The van der Waals surface area contributed by atoms with Crippen molar-refractivity contribution < 1.29 is 9.31 Å². The first-order valence-electron chi connectivity index (χ1n) is 6.68. The minimum atomic E-state index is -0.301. The zero-order valence-corrected chi connectivity index (χ0v) is 12.7. The van der Waals surface area contributed by atoms with E-state index >= 15 is 0 Å². The molecule has 2 heterocycles. The number of aromatic nitrogens is 1. The van der Waals surface area contributed by atoms with E-state index < -0.39 is 0 Å². The van der Waals surface area contributed by atoms with Gasteiger partial charge >= 0.3 is 7.12 Å². The molecule has 1 fully saturated rings. The molecule has 1 aromatic rings. The van der Waals surface area contributed by atoms with Crippen LogP contribution in [-0.4, -0.2) is 23.3 Å². The van der Waals surface area contributed by atoms with Gasteiger partial charge in [-0.25, -0.2) is 0 Å². The lowest BCUT2D eigenvalue weighted by atomic mass is 9.89. The molecule has 0 unspecified atom stereocenters. The van der Waals surface area contributed by atoms with Crippen molar-refractivity contribution in [3.63, 3.8) is 0 Å². The van der Waals surface area contributed by atoms with E-state index in [1.165, 1.54) is 0 Å². The maximum absolute atomic E-state index is 5.93. The lowest BCUT2D eigenvalue weighted by Gasteiger charge is -2.32. The molecular formula is C15H22BNO2. The van der Waals surface area contributed by atoms with Gasteiger partial charge in [0.2, 0.25) is 0 Å². The first-order chi connectivity index (χ1) is 8.71. The highest BCUT2D eigenvalue weighted by atomic mass is 16.7. The second-order valence-electron chi connectivity index (χ2n) is 6.17. The smallest absolute Gasteiger partial charge is 0.400 e. The van der Waals surface area contributed by atoms with Crippen LogP contribution < -0.4 is 0 Å². The molecule has 0 atom stereocenters. The summed E-state index contributed by atoms with van der Waals surface area (Å²) in [5, 5.41) is 0. The Kier molecular flexibility index (Phi) is 3.58. The minimum Gasteiger partial charge on any atom is -0.400 e. The zero-order chi connectivity index (χ0) is 14.3. The van der Waals surface area contributed by atoms with Crippen molar-refractivity contribution in [2.24, 2.45) is 0 Å². The third-order valence-corrected chi connectivity index (χ3v) is 3.97. The van der Waals surface area contributed by atoms with Gasteiger partial charge < -0.3 is 9.31 Å². The van der Waals surface area contributed by atoms with Crippen LogP contribution in [0.25, 0.3) is 6.08 Å². The quantitative estimate of drug-likeness (QED) is 0.763. The summed E-state index contributed by atoms with van der Waals surface area (Å²) in [6, 6.07) is 2.12. The molecule has 0 N–H and O–H groups in total. The number of pyridine rings is 1. The van der Waals surface area contributed by atoms with Crippen LogP contribution in [0.1, 0.15) is 44.5 Å². The molecule has 0 bridgehead atoms. The lowest BCUT2D eigenvalue weighted by molar-refractivity contribution is 0.00578. The third-order valence-electron chi connectivity index (χ3n) is 3.97. The SMILES string of the molecule is Cc1cnc(C)c(/C=C/B2OC(C)(C)C(C)(C)O2)c1. The van der Waals surface area contributed by atoms with Crippen molar-refractivity contribution in [3.8, 4) is 0 Å². The normalized spacial score (nSPS) is 21.3. The van der Waals surface area contributed by atoms with Crippen molar-refractivity contribution in [1.82, 2.24) is 4.98 Å². The average Bonchev–Trinajstić information content (AvgIpc) is 2.49. The molecule has 1 saturated heterocycles. The van der Waals surface area contributed by atoms with Crippen LogP contribution in [0.15, 0.2) is 18.2 Å². The van der Waals surface area contributed by atoms with E-state index in [4.69, 9.17) is 9.31 Å². The second-order valence-corrected chi connectivity index (χ2v) is 6.17. The van der Waals surface area contributed by atoms with E-state index in [-0.39, 0.29) is 18.3 Å². The highest BCUT2D eigenvalue weighted by Gasteiger charge is 2.49. The number of rotatable bonds is 2. The van der Waals surface area contributed by atoms with E-state index in [9.17, 15) is 0 Å². The Labute approximate surface area is 116 Å². The van der Waals surface area contributed by atoms with Crippen LogP contribution >= 0.6 is 0 Å². The molecule has 0 saturated carbocycles. The van der Waals surface area contributed by atoms with Crippen molar-refractivity contribution >= 4 is 13.2 Å². The molecule has 1 aromatic heterocycles. The summed E-state index contributed by atoms with van der Waals surface area (Å²) in [6.07, 6.45) is 3.90. The maximum atomic E-state index is 5.93. The van der Waals surface area contributed by atoms with Gasteiger partial charge in [0.1, 0.15) is 0 Å². The van der Waals surface area contributed by atoms with E-state index in [0.717, 1.165) is 16.8 Å². The van der Waals surface area contributed by atoms with Crippen LogP contribution in [0.4, 0.5) is 0 Å². The summed E-state index contributed by atoms with van der Waals surface area (Å²) >= 11 is 0. The minimum absolute atomic E-state index is 0.290. The molecule has 4 heteroatoms. The lowest BCUT2D eigenvalue weighted by Crippen LogP contribution is -2.41. The molecule has 0 aromatic carbocycles. The van der Waals surface area contributed by atoms with Crippen molar-refractivity contribution in [2.45, 2.75) is 52.7 Å². The predicted octanol–water partition coefficient (Wildman–Crippen LogP) is 3.34. The van der Waals surface area contributed by atoms with E-state index in [0.29, 0.717) is 0 Å². The van der Waals surface area contributed by atoms with Crippen molar-refractivity contribution in [2.75, 3.05) is 0 Å². The zero-order valence-electron chi connectivity index (χ0n) is 12.7. The fourth-order valence-electron chi connectivity index (χ4n) is 1.98. The van der Waals surface area contributed by atoms with Crippen LogP contribution in [0.5, 0.6) is 0 Å². The summed E-state index contributed by atoms with van der Waals surface area (Å²) < 4.78 is 11.9. The van der Waals surface area contributed by atoms with Gasteiger partial charge in [-0.1, -0.05) is 12.1 Å². The molecule has 0 radical (unpaired) electrons. The Morgan fingerprint density at radius 1 is 1.11 bits per heavy atom. The monoisotopic (exact) mass is 259 g/mol. The molecule has 1 aliphatic heterocycles. The summed E-state index contributed by atoms with van der Waals surface area (Å²) in [5.41, 5.74) is 2.69. The van der Waals surface area contributed by atoms with Crippen LogP contribution in [0, 0.1) is 13.8 Å². The van der Waals surface area contributed by atoms with Gasteiger partial charge in [0.05, 0.1) is 11.2 Å². The molecule has 0 spiro atoms. The number of hydrogen-bond donors (Lipinski definition) is 0. The number of nitrogens with zero attached hydrogens (tertiary/aromatic N) is 1. The second kappa shape index (κ2) is 4.76. The first kappa shape index (κ1) is 14.3. The molecule has 0 amide bonds. The van der Waals surface area contributed by atoms with Gasteiger partial charge in [-0.3, -0.25) is 4.98 Å². The highest BCUT2D eigenvalue weighted by molar-refractivity contribution is 6.52. The largest absolute Gasteiger partial charge is 0.487 e. The highest BCUT2D eigenvalue weighted by Crippen LogP contribution is 2.37. The molecule has 3 nitrogen and oxygen atoms in total. The van der Waals surface area contributed by atoms with Crippen LogP contribution in [0.3, 0.4) is 0 Å².